The van der Waals surface area contributed by atoms with E-state index < -0.39 is 5.97 Å². The van der Waals surface area contributed by atoms with Gasteiger partial charge in [0.15, 0.2) is 0 Å². The van der Waals surface area contributed by atoms with Gasteiger partial charge in [-0.25, -0.2) is 4.79 Å². The van der Waals surface area contributed by atoms with Crippen molar-refractivity contribution in [2.45, 2.75) is 37.8 Å². The Kier molecular flexibility index (Phi) is 5.75. The molecule has 0 bridgehead atoms. The van der Waals surface area contributed by atoms with E-state index in [1.54, 1.807) is 12.1 Å². The van der Waals surface area contributed by atoms with Gasteiger partial charge in [-0.15, -0.1) is 0 Å². The highest BCUT2D eigenvalue weighted by atomic mass is 16.4. The Labute approximate surface area is 183 Å². The van der Waals surface area contributed by atoms with Crippen LogP contribution in [0.4, 0.5) is 0 Å². The van der Waals surface area contributed by atoms with Gasteiger partial charge in [-0.3, -0.25) is 4.90 Å². The first kappa shape index (κ1) is 20.2. The van der Waals surface area contributed by atoms with Crippen molar-refractivity contribution in [2.24, 2.45) is 5.92 Å². The molecule has 0 amide bonds. The molecule has 2 aliphatic rings. The fourth-order valence-corrected chi connectivity index (χ4v) is 4.94. The molecule has 1 saturated carbocycles. The minimum atomic E-state index is -0.874. The summed E-state index contributed by atoms with van der Waals surface area (Å²) in [6.07, 6.45) is 3.79. The zero-order valence-electron chi connectivity index (χ0n) is 17.8. The minimum absolute atomic E-state index is 0.345. The maximum atomic E-state index is 11.2. The van der Waals surface area contributed by atoms with E-state index in [2.05, 4.69) is 52.7 Å². The molecule has 2 fully saturated rings. The first-order chi connectivity index (χ1) is 15.2. The van der Waals surface area contributed by atoms with Crippen LogP contribution in [0.25, 0.3) is 10.8 Å². The SMILES string of the molecule is O=C(O)c1ccc2cc(CN3CCC(CN[C@@H]4C[C@H]4c4ccccc4)CC3)ccc2c1. The van der Waals surface area contributed by atoms with Crippen LogP contribution in [0, 0.1) is 5.92 Å². The lowest BCUT2D eigenvalue weighted by Gasteiger charge is -2.32. The zero-order valence-corrected chi connectivity index (χ0v) is 17.8. The van der Waals surface area contributed by atoms with Crippen molar-refractivity contribution < 1.29 is 9.90 Å². The van der Waals surface area contributed by atoms with Crippen molar-refractivity contribution in [3.63, 3.8) is 0 Å². The number of aromatic carboxylic acids is 1. The predicted octanol–water partition coefficient (Wildman–Crippen LogP) is 4.90. The molecule has 1 aliphatic carbocycles. The third-order valence-electron chi connectivity index (χ3n) is 6.95. The van der Waals surface area contributed by atoms with Crippen molar-refractivity contribution in [3.05, 3.63) is 83.4 Å². The molecule has 4 nitrogen and oxygen atoms in total. The van der Waals surface area contributed by atoms with Gasteiger partial charge in [-0.1, -0.05) is 48.5 Å². The Morgan fingerprint density at radius 2 is 1.71 bits per heavy atom. The highest BCUT2D eigenvalue weighted by Crippen LogP contribution is 2.40. The van der Waals surface area contributed by atoms with Gasteiger partial charge < -0.3 is 10.4 Å². The molecule has 0 aromatic heterocycles. The van der Waals surface area contributed by atoms with Crippen molar-refractivity contribution >= 4 is 16.7 Å². The number of hydrogen-bond donors (Lipinski definition) is 2. The lowest BCUT2D eigenvalue weighted by atomic mass is 9.96. The topological polar surface area (TPSA) is 52.6 Å². The number of likely N-dealkylation sites (tertiary alicyclic amines) is 1. The molecule has 160 valence electrons. The van der Waals surface area contributed by atoms with Crippen molar-refractivity contribution in [2.75, 3.05) is 19.6 Å². The molecule has 3 aromatic rings. The molecule has 1 heterocycles. The van der Waals surface area contributed by atoms with Gasteiger partial charge in [0.05, 0.1) is 5.56 Å². The third kappa shape index (κ3) is 4.81. The van der Waals surface area contributed by atoms with E-state index in [4.69, 9.17) is 5.11 Å². The van der Waals surface area contributed by atoms with Crippen molar-refractivity contribution in [1.29, 1.82) is 0 Å². The fourth-order valence-electron chi connectivity index (χ4n) is 4.94. The van der Waals surface area contributed by atoms with E-state index in [1.165, 1.54) is 30.4 Å². The summed E-state index contributed by atoms with van der Waals surface area (Å²) in [5.41, 5.74) is 3.12. The summed E-state index contributed by atoms with van der Waals surface area (Å²) in [7, 11) is 0. The predicted molar refractivity (Wildman–Crippen MR) is 124 cm³/mol. The van der Waals surface area contributed by atoms with Crippen LogP contribution in [0.5, 0.6) is 0 Å². The second-order valence-electron chi connectivity index (χ2n) is 9.19. The van der Waals surface area contributed by atoms with E-state index >= 15 is 0 Å². The van der Waals surface area contributed by atoms with Gasteiger partial charge in [0.1, 0.15) is 0 Å². The summed E-state index contributed by atoms with van der Waals surface area (Å²) < 4.78 is 0. The molecular weight excluding hydrogens is 384 g/mol. The molecule has 2 atom stereocenters. The van der Waals surface area contributed by atoms with Crippen LogP contribution in [0.2, 0.25) is 0 Å². The summed E-state index contributed by atoms with van der Waals surface area (Å²) in [4.78, 5) is 13.7. The number of nitrogens with zero attached hydrogens (tertiary/aromatic N) is 1. The van der Waals surface area contributed by atoms with E-state index in [0.717, 1.165) is 42.9 Å². The molecule has 1 aliphatic heterocycles. The molecule has 4 heteroatoms. The van der Waals surface area contributed by atoms with Crippen LogP contribution in [-0.4, -0.2) is 41.7 Å². The maximum Gasteiger partial charge on any atom is 0.335 e. The summed E-state index contributed by atoms with van der Waals surface area (Å²) in [5, 5.41) is 15.1. The number of fused-ring (bicyclic) bond motifs is 1. The minimum Gasteiger partial charge on any atom is -0.478 e. The Morgan fingerprint density at radius 3 is 2.48 bits per heavy atom. The van der Waals surface area contributed by atoms with Crippen LogP contribution >= 0.6 is 0 Å². The Balaban J connectivity index is 1.09. The molecular formula is C27H30N2O2. The summed E-state index contributed by atoms with van der Waals surface area (Å²) >= 11 is 0. The molecule has 0 spiro atoms. The van der Waals surface area contributed by atoms with Gasteiger partial charge in [0, 0.05) is 18.5 Å². The summed E-state index contributed by atoms with van der Waals surface area (Å²) in [5.74, 6) is 0.612. The lowest BCUT2D eigenvalue weighted by molar-refractivity contribution is 0.0697. The van der Waals surface area contributed by atoms with Crippen LogP contribution in [0.15, 0.2) is 66.7 Å². The second kappa shape index (κ2) is 8.81. The normalized spacial score (nSPS) is 21.9. The van der Waals surface area contributed by atoms with E-state index in [-0.39, 0.29) is 0 Å². The molecule has 3 aromatic carbocycles. The molecule has 5 rings (SSSR count). The number of carboxylic acid groups (broad SMARTS) is 1. The van der Waals surface area contributed by atoms with Crippen LogP contribution in [-0.2, 0) is 6.54 Å². The monoisotopic (exact) mass is 414 g/mol. The van der Waals surface area contributed by atoms with Gasteiger partial charge in [-0.05, 0) is 84.9 Å². The Bertz CT molecular complexity index is 1060. The van der Waals surface area contributed by atoms with Gasteiger partial charge in [-0.2, -0.15) is 0 Å². The van der Waals surface area contributed by atoms with E-state index in [0.29, 0.717) is 17.5 Å². The smallest absolute Gasteiger partial charge is 0.335 e. The van der Waals surface area contributed by atoms with E-state index in [1.807, 2.05) is 12.1 Å². The summed E-state index contributed by atoms with van der Waals surface area (Å²) in [6, 6.07) is 23.3. The molecule has 0 unspecified atom stereocenters. The zero-order chi connectivity index (χ0) is 21.2. The first-order valence-electron chi connectivity index (χ1n) is 11.4. The average molecular weight is 415 g/mol. The largest absolute Gasteiger partial charge is 0.478 e. The lowest BCUT2D eigenvalue weighted by Crippen LogP contribution is -2.37. The number of benzene rings is 3. The molecule has 1 saturated heterocycles. The Hall–Kier alpha value is -2.69. The fraction of sp³-hybridized carbons (Fsp3) is 0.370. The maximum absolute atomic E-state index is 11.2. The number of rotatable bonds is 7. The first-order valence-corrected chi connectivity index (χ1v) is 11.4. The van der Waals surface area contributed by atoms with Crippen LogP contribution in [0.3, 0.4) is 0 Å². The highest BCUT2D eigenvalue weighted by molar-refractivity contribution is 5.94. The second-order valence-corrected chi connectivity index (χ2v) is 9.19. The molecule has 31 heavy (non-hydrogen) atoms. The van der Waals surface area contributed by atoms with Crippen LogP contribution < -0.4 is 5.32 Å². The number of carbonyl (C=O) groups is 1. The number of nitrogens with one attached hydrogen (secondary N) is 1. The summed E-state index contributed by atoms with van der Waals surface area (Å²) in [6.45, 7) is 4.41. The standard InChI is InChI=1S/C27H30N2O2/c30-27(31)24-9-8-22-14-20(6-7-23(22)15-24)18-29-12-10-19(11-13-29)17-28-26-16-25(26)21-4-2-1-3-5-21/h1-9,14-15,19,25-26,28H,10-13,16-18H2,(H,30,31)/t25-,26+/m0/s1. The van der Waals surface area contributed by atoms with Crippen molar-refractivity contribution in [3.8, 4) is 0 Å². The average Bonchev–Trinajstić information content (AvgIpc) is 3.58. The van der Waals surface area contributed by atoms with Gasteiger partial charge >= 0.3 is 5.97 Å². The number of hydrogen-bond acceptors (Lipinski definition) is 3. The highest BCUT2D eigenvalue weighted by Gasteiger charge is 2.38. The van der Waals surface area contributed by atoms with Gasteiger partial charge in [0.2, 0.25) is 0 Å². The molecule has 2 N–H and O–H groups in total. The van der Waals surface area contributed by atoms with E-state index in [9.17, 15) is 4.79 Å². The quantitative estimate of drug-likeness (QED) is 0.578. The molecule has 0 radical (unpaired) electrons. The van der Waals surface area contributed by atoms with Gasteiger partial charge in [0.25, 0.3) is 0 Å². The van der Waals surface area contributed by atoms with Crippen LogP contribution in [0.1, 0.15) is 46.7 Å². The number of piperidine rings is 1. The van der Waals surface area contributed by atoms with Crippen molar-refractivity contribution in [1.82, 2.24) is 10.2 Å². The number of carboxylic acids is 1. The Morgan fingerprint density at radius 1 is 0.968 bits per heavy atom. The third-order valence-corrected chi connectivity index (χ3v) is 6.95.